The van der Waals surface area contributed by atoms with Crippen LogP contribution in [0.3, 0.4) is 0 Å². The maximum atomic E-state index is 6.79. The van der Waals surface area contributed by atoms with Crippen molar-refractivity contribution in [3.8, 4) is 45.6 Å². The van der Waals surface area contributed by atoms with Crippen LogP contribution in [0.25, 0.3) is 21.9 Å². The second-order valence-electron chi connectivity index (χ2n) is 12.2. The highest BCUT2D eigenvalue weighted by atomic mass is 16.5. The standard InChI is InChI=1S/C41H26BNO3/c1-25-21-38-41-39(22-25)46-37-23-30-28-19-20-33(43(26-11-4-2-5-12-26)27-13-6-3-7-14-27)29-15-10-18-35(40(28)29)45-36(30)24-32(37)42(41)31-16-8-9-17-34(31)44-38/h2-24H,1H3. The van der Waals surface area contributed by atoms with Gasteiger partial charge in [-0.05, 0) is 95.7 Å². The highest BCUT2D eigenvalue weighted by molar-refractivity contribution is 6.98. The van der Waals surface area contributed by atoms with Gasteiger partial charge in [-0.2, -0.15) is 0 Å². The number of nitrogens with zero attached hydrogens (tertiary/aromatic N) is 1. The predicted octanol–water partition coefficient (Wildman–Crippen LogP) is 9.12. The van der Waals surface area contributed by atoms with E-state index in [0.29, 0.717) is 0 Å². The van der Waals surface area contributed by atoms with Crippen LogP contribution in [0.5, 0.6) is 34.5 Å². The summed E-state index contributed by atoms with van der Waals surface area (Å²) in [6.45, 7) is 2.07. The van der Waals surface area contributed by atoms with E-state index in [9.17, 15) is 0 Å². The Morgan fingerprint density at radius 1 is 0.478 bits per heavy atom. The van der Waals surface area contributed by atoms with Crippen molar-refractivity contribution in [3.63, 3.8) is 0 Å². The molecule has 0 N–H and O–H groups in total. The van der Waals surface area contributed by atoms with E-state index in [1.807, 2.05) is 12.1 Å². The Hall–Kier alpha value is -5.94. The van der Waals surface area contributed by atoms with Crippen LogP contribution < -0.4 is 35.5 Å². The third kappa shape index (κ3) is 3.63. The van der Waals surface area contributed by atoms with Crippen LogP contribution in [-0.4, -0.2) is 6.71 Å². The normalized spacial score (nSPS) is 12.9. The van der Waals surface area contributed by atoms with Gasteiger partial charge in [0.1, 0.15) is 34.5 Å². The van der Waals surface area contributed by atoms with E-state index in [0.717, 1.165) is 95.4 Å². The molecule has 0 saturated heterocycles. The Balaban J connectivity index is 1.18. The number of para-hydroxylation sites is 3. The van der Waals surface area contributed by atoms with E-state index >= 15 is 0 Å². The summed E-state index contributed by atoms with van der Waals surface area (Å²) in [6.07, 6.45) is 0. The van der Waals surface area contributed by atoms with E-state index in [4.69, 9.17) is 14.2 Å². The van der Waals surface area contributed by atoms with E-state index in [1.54, 1.807) is 0 Å². The summed E-state index contributed by atoms with van der Waals surface area (Å²) in [7, 11) is 0. The minimum absolute atomic E-state index is 0.0157. The molecule has 46 heavy (non-hydrogen) atoms. The van der Waals surface area contributed by atoms with E-state index in [2.05, 4.69) is 139 Å². The van der Waals surface area contributed by atoms with Crippen molar-refractivity contribution in [1.29, 1.82) is 0 Å². The van der Waals surface area contributed by atoms with Crippen LogP contribution in [-0.2, 0) is 0 Å². The van der Waals surface area contributed by atoms with Crippen molar-refractivity contribution in [2.45, 2.75) is 6.92 Å². The molecule has 0 aliphatic carbocycles. The quantitative estimate of drug-likeness (QED) is 0.192. The zero-order chi connectivity index (χ0) is 30.4. The molecule has 5 heteroatoms. The summed E-state index contributed by atoms with van der Waals surface area (Å²) >= 11 is 0. The van der Waals surface area contributed by atoms with Gasteiger partial charge >= 0.3 is 0 Å². The first-order chi connectivity index (χ1) is 22.7. The number of ether oxygens (including phenoxy) is 3. The van der Waals surface area contributed by atoms with Gasteiger partial charge in [0, 0.05) is 33.2 Å². The van der Waals surface area contributed by atoms with Crippen molar-refractivity contribution in [1.82, 2.24) is 0 Å². The lowest BCUT2D eigenvalue weighted by atomic mass is 9.34. The Kier molecular flexibility index (Phi) is 5.26. The summed E-state index contributed by atoms with van der Waals surface area (Å²) < 4.78 is 19.9. The lowest BCUT2D eigenvalue weighted by Crippen LogP contribution is -2.57. The first-order valence-corrected chi connectivity index (χ1v) is 15.6. The Morgan fingerprint density at radius 2 is 1.13 bits per heavy atom. The van der Waals surface area contributed by atoms with Crippen molar-refractivity contribution in [3.05, 3.63) is 145 Å². The lowest BCUT2D eigenvalue weighted by Gasteiger charge is -2.34. The lowest BCUT2D eigenvalue weighted by molar-refractivity contribution is 0.460. The van der Waals surface area contributed by atoms with Gasteiger partial charge < -0.3 is 19.1 Å². The van der Waals surface area contributed by atoms with Crippen LogP contribution in [0, 0.1) is 6.92 Å². The molecule has 7 aromatic rings. The molecule has 0 unspecified atom stereocenters. The molecule has 0 spiro atoms. The number of benzene rings is 7. The maximum absolute atomic E-state index is 6.79. The fourth-order valence-electron chi connectivity index (χ4n) is 7.46. The van der Waals surface area contributed by atoms with Crippen LogP contribution in [0.15, 0.2) is 140 Å². The van der Waals surface area contributed by atoms with E-state index in [-0.39, 0.29) is 6.71 Å². The summed E-state index contributed by atoms with van der Waals surface area (Å²) in [5, 5.41) is 2.21. The first kappa shape index (κ1) is 25.4. The van der Waals surface area contributed by atoms with Gasteiger partial charge in [-0.25, -0.2) is 0 Å². The number of anilines is 3. The molecule has 10 rings (SSSR count). The molecule has 0 atom stereocenters. The molecule has 0 fully saturated rings. The van der Waals surface area contributed by atoms with Crippen molar-refractivity contribution < 1.29 is 14.2 Å². The highest BCUT2D eigenvalue weighted by Crippen LogP contribution is 2.51. The third-order valence-corrected chi connectivity index (χ3v) is 9.39. The minimum atomic E-state index is -0.0157. The van der Waals surface area contributed by atoms with Gasteiger partial charge in [0.2, 0.25) is 0 Å². The average molecular weight is 591 g/mol. The van der Waals surface area contributed by atoms with Crippen LogP contribution >= 0.6 is 0 Å². The Labute approximate surface area is 267 Å². The van der Waals surface area contributed by atoms with Crippen LogP contribution in [0.1, 0.15) is 5.56 Å². The van der Waals surface area contributed by atoms with Gasteiger partial charge in [0.05, 0.1) is 5.69 Å². The molecule has 4 nitrogen and oxygen atoms in total. The molecular formula is C41H26BNO3. The molecule has 3 aliphatic rings. The van der Waals surface area contributed by atoms with E-state index < -0.39 is 0 Å². The van der Waals surface area contributed by atoms with Crippen molar-refractivity contribution in [2.24, 2.45) is 0 Å². The zero-order valence-electron chi connectivity index (χ0n) is 25.0. The molecule has 7 aromatic carbocycles. The number of aryl methyl sites for hydroxylation is 1. The molecule has 0 aromatic heterocycles. The topological polar surface area (TPSA) is 30.9 Å². The largest absolute Gasteiger partial charge is 0.458 e. The fourth-order valence-corrected chi connectivity index (χ4v) is 7.46. The first-order valence-electron chi connectivity index (χ1n) is 15.6. The summed E-state index contributed by atoms with van der Waals surface area (Å²) in [4.78, 5) is 2.31. The van der Waals surface area contributed by atoms with Gasteiger partial charge in [0.25, 0.3) is 6.71 Å². The average Bonchev–Trinajstić information content (AvgIpc) is 3.09. The summed E-state index contributed by atoms with van der Waals surface area (Å²) in [5.74, 6) is 5.11. The molecule has 0 amide bonds. The molecular weight excluding hydrogens is 565 g/mol. The second kappa shape index (κ2) is 9.53. The van der Waals surface area contributed by atoms with Crippen LogP contribution in [0.4, 0.5) is 17.1 Å². The molecule has 216 valence electrons. The Morgan fingerprint density at radius 3 is 1.89 bits per heavy atom. The van der Waals surface area contributed by atoms with Crippen molar-refractivity contribution in [2.75, 3.05) is 4.90 Å². The third-order valence-electron chi connectivity index (χ3n) is 9.39. The van der Waals surface area contributed by atoms with Gasteiger partial charge in [0.15, 0.2) is 0 Å². The minimum Gasteiger partial charge on any atom is -0.458 e. The smallest absolute Gasteiger partial charge is 0.260 e. The SMILES string of the molecule is Cc1cc2c3c(c1)Oc1cc4c(cc1B3c1ccccc1O2)Oc1cccc2c(N(c3ccccc3)c3ccccc3)ccc-4c12. The number of fused-ring (bicyclic) bond motifs is 6. The fraction of sp³-hybridized carbons (Fsp3) is 0.0244. The second-order valence-corrected chi connectivity index (χ2v) is 12.2. The zero-order valence-corrected chi connectivity index (χ0v) is 25.0. The van der Waals surface area contributed by atoms with Gasteiger partial charge in [-0.1, -0.05) is 72.8 Å². The molecule has 3 aliphatic heterocycles. The Bertz CT molecular complexity index is 2330. The molecule has 0 radical (unpaired) electrons. The molecule has 0 saturated carbocycles. The number of hydrogen-bond acceptors (Lipinski definition) is 4. The number of rotatable bonds is 3. The monoisotopic (exact) mass is 591 g/mol. The van der Waals surface area contributed by atoms with Crippen LogP contribution in [0.2, 0.25) is 0 Å². The predicted molar refractivity (Wildman–Crippen MR) is 187 cm³/mol. The maximum Gasteiger partial charge on any atom is 0.260 e. The van der Waals surface area contributed by atoms with Gasteiger partial charge in [-0.3, -0.25) is 0 Å². The molecule has 0 bridgehead atoms. The summed E-state index contributed by atoms with van der Waals surface area (Å²) in [5.41, 5.74) is 9.83. The molecule has 3 heterocycles. The summed E-state index contributed by atoms with van der Waals surface area (Å²) in [6, 6.07) is 48.7. The van der Waals surface area contributed by atoms with E-state index in [1.165, 1.54) is 0 Å². The van der Waals surface area contributed by atoms with Gasteiger partial charge in [-0.15, -0.1) is 0 Å². The number of hydrogen-bond donors (Lipinski definition) is 0. The van der Waals surface area contributed by atoms with Crippen molar-refractivity contribution >= 4 is 50.9 Å². The highest BCUT2D eigenvalue weighted by Gasteiger charge is 2.41.